The van der Waals surface area contributed by atoms with Crippen molar-refractivity contribution in [1.82, 2.24) is 19.5 Å². The summed E-state index contributed by atoms with van der Waals surface area (Å²) in [5.41, 5.74) is 1.80. The van der Waals surface area contributed by atoms with Gasteiger partial charge in [0, 0.05) is 19.2 Å². The average Bonchev–Trinajstić information content (AvgIpc) is 2.54. The van der Waals surface area contributed by atoms with E-state index in [0.717, 1.165) is 23.0 Å². The fraction of sp³-hybridized carbons (Fsp3) is 0.353. The number of benzene rings is 1. The maximum Gasteiger partial charge on any atom is 0.330 e. The molecule has 0 fully saturated rings. The fourth-order valence-corrected chi connectivity index (χ4v) is 2.68. The molecule has 2 heterocycles. The zero-order valence-corrected chi connectivity index (χ0v) is 14.3. The van der Waals surface area contributed by atoms with Gasteiger partial charge in [0.2, 0.25) is 5.91 Å². The summed E-state index contributed by atoms with van der Waals surface area (Å²) >= 11 is 0. The van der Waals surface area contributed by atoms with Crippen molar-refractivity contribution in [3.05, 3.63) is 38.5 Å². The number of unbranched alkanes of at least 4 members (excludes halogenated alkanes) is 1. The molecular weight excluding hydrogens is 322 g/mol. The zero-order valence-electron chi connectivity index (χ0n) is 14.3. The molecule has 0 bridgehead atoms. The standard InChI is InChI=1S/C17H19N5O3/c1-4-5-6-22-16(24)14-15(21-17(22)25)20-13-8-11(18-10(3)23)9(2)7-12(13)19-14/h7-8H,4-6H2,1-3H3,(H,18,23)(H,20,21,25). The topological polar surface area (TPSA) is 110 Å². The van der Waals surface area contributed by atoms with Crippen LogP contribution in [-0.4, -0.2) is 25.4 Å². The van der Waals surface area contributed by atoms with Crippen molar-refractivity contribution in [3.63, 3.8) is 0 Å². The molecular formula is C17H19N5O3. The summed E-state index contributed by atoms with van der Waals surface area (Å²) in [5.74, 6) is -0.191. The second-order valence-corrected chi connectivity index (χ2v) is 6.00. The Morgan fingerprint density at radius 3 is 2.64 bits per heavy atom. The molecule has 2 aromatic heterocycles. The number of fused-ring (bicyclic) bond motifs is 2. The normalized spacial score (nSPS) is 11.2. The molecule has 0 saturated heterocycles. The highest BCUT2D eigenvalue weighted by Crippen LogP contribution is 2.22. The van der Waals surface area contributed by atoms with Gasteiger partial charge in [-0.3, -0.25) is 19.1 Å². The van der Waals surface area contributed by atoms with Crippen molar-refractivity contribution in [2.75, 3.05) is 5.32 Å². The summed E-state index contributed by atoms with van der Waals surface area (Å²) in [6.45, 7) is 5.60. The molecule has 0 aliphatic carbocycles. The van der Waals surface area contributed by atoms with Crippen LogP contribution >= 0.6 is 0 Å². The van der Waals surface area contributed by atoms with Gasteiger partial charge >= 0.3 is 5.69 Å². The number of amides is 1. The summed E-state index contributed by atoms with van der Waals surface area (Å²) in [5, 5.41) is 2.72. The van der Waals surface area contributed by atoms with Crippen LogP contribution in [-0.2, 0) is 11.3 Å². The van der Waals surface area contributed by atoms with Crippen molar-refractivity contribution < 1.29 is 4.79 Å². The molecule has 0 spiro atoms. The van der Waals surface area contributed by atoms with Crippen LogP contribution in [0.4, 0.5) is 5.69 Å². The maximum atomic E-state index is 12.6. The zero-order chi connectivity index (χ0) is 18.1. The number of aromatic amines is 1. The molecule has 3 rings (SSSR count). The third-order valence-electron chi connectivity index (χ3n) is 3.97. The van der Waals surface area contributed by atoms with Gasteiger partial charge in [0.05, 0.1) is 11.0 Å². The van der Waals surface area contributed by atoms with Crippen molar-refractivity contribution >= 4 is 33.8 Å². The second kappa shape index (κ2) is 6.46. The SMILES string of the molecule is CCCCn1c(=O)[nH]c2nc3cc(NC(C)=O)c(C)cc3nc2c1=O. The monoisotopic (exact) mass is 341 g/mol. The van der Waals surface area contributed by atoms with E-state index in [4.69, 9.17) is 0 Å². The van der Waals surface area contributed by atoms with Gasteiger partial charge in [-0.2, -0.15) is 0 Å². The van der Waals surface area contributed by atoms with Crippen LogP contribution in [0.5, 0.6) is 0 Å². The predicted molar refractivity (Wildman–Crippen MR) is 95.9 cm³/mol. The van der Waals surface area contributed by atoms with E-state index in [1.54, 1.807) is 12.1 Å². The molecule has 0 saturated carbocycles. The minimum absolute atomic E-state index is 0.134. The van der Waals surface area contributed by atoms with E-state index in [1.165, 1.54) is 6.92 Å². The second-order valence-electron chi connectivity index (χ2n) is 6.00. The van der Waals surface area contributed by atoms with Crippen LogP contribution in [0, 0.1) is 6.92 Å². The molecule has 0 atom stereocenters. The van der Waals surface area contributed by atoms with E-state index in [9.17, 15) is 14.4 Å². The van der Waals surface area contributed by atoms with Gasteiger partial charge in [0.25, 0.3) is 5.56 Å². The van der Waals surface area contributed by atoms with Crippen molar-refractivity contribution in [2.45, 2.75) is 40.2 Å². The minimum Gasteiger partial charge on any atom is -0.326 e. The molecule has 0 aliphatic rings. The Bertz CT molecular complexity index is 1100. The number of hydrogen-bond acceptors (Lipinski definition) is 5. The number of H-pyrrole nitrogens is 1. The number of anilines is 1. The Morgan fingerprint density at radius 1 is 1.24 bits per heavy atom. The first kappa shape index (κ1) is 16.8. The first-order chi connectivity index (χ1) is 11.9. The van der Waals surface area contributed by atoms with E-state index in [-0.39, 0.29) is 17.1 Å². The lowest BCUT2D eigenvalue weighted by Crippen LogP contribution is -2.35. The van der Waals surface area contributed by atoms with E-state index < -0.39 is 11.2 Å². The molecule has 0 radical (unpaired) electrons. The largest absolute Gasteiger partial charge is 0.330 e. The Kier molecular flexibility index (Phi) is 4.35. The molecule has 2 N–H and O–H groups in total. The number of rotatable bonds is 4. The number of nitrogens with one attached hydrogen (secondary N) is 2. The highest BCUT2D eigenvalue weighted by Gasteiger charge is 2.13. The molecule has 1 aromatic carbocycles. The molecule has 130 valence electrons. The summed E-state index contributed by atoms with van der Waals surface area (Å²) < 4.78 is 1.16. The number of nitrogens with zero attached hydrogens (tertiary/aromatic N) is 3. The molecule has 8 heteroatoms. The minimum atomic E-state index is -0.492. The Balaban J connectivity index is 2.25. The van der Waals surface area contributed by atoms with Gasteiger partial charge in [-0.05, 0) is 31.0 Å². The predicted octanol–water partition coefficient (Wildman–Crippen LogP) is 1.70. The summed E-state index contributed by atoms with van der Waals surface area (Å²) in [4.78, 5) is 47.4. The van der Waals surface area contributed by atoms with Crippen LogP contribution in [0.2, 0.25) is 0 Å². The summed E-state index contributed by atoms with van der Waals surface area (Å²) in [6.07, 6.45) is 1.60. The molecule has 1 amide bonds. The van der Waals surface area contributed by atoms with Gasteiger partial charge in [-0.15, -0.1) is 0 Å². The van der Waals surface area contributed by atoms with Gasteiger partial charge < -0.3 is 5.32 Å². The lowest BCUT2D eigenvalue weighted by atomic mass is 10.1. The van der Waals surface area contributed by atoms with Crippen LogP contribution in [0.3, 0.4) is 0 Å². The smallest absolute Gasteiger partial charge is 0.326 e. The van der Waals surface area contributed by atoms with Crippen LogP contribution in [0.25, 0.3) is 22.2 Å². The fourth-order valence-electron chi connectivity index (χ4n) is 2.68. The van der Waals surface area contributed by atoms with Gasteiger partial charge in [0.15, 0.2) is 11.2 Å². The lowest BCUT2D eigenvalue weighted by molar-refractivity contribution is -0.114. The highest BCUT2D eigenvalue weighted by molar-refractivity contribution is 5.94. The summed E-state index contributed by atoms with van der Waals surface area (Å²) in [7, 11) is 0. The van der Waals surface area contributed by atoms with Gasteiger partial charge in [-0.1, -0.05) is 13.3 Å². The van der Waals surface area contributed by atoms with Gasteiger partial charge in [-0.25, -0.2) is 14.8 Å². The number of hydrogen-bond donors (Lipinski definition) is 2. The van der Waals surface area contributed by atoms with E-state index in [0.29, 0.717) is 23.3 Å². The van der Waals surface area contributed by atoms with E-state index in [2.05, 4.69) is 20.3 Å². The first-order valence-corrected chi connectivity index (χ1v) is 8.13. The van der Waals surface area contributed by atoms with E-state index >= 15 is 0 Å². The highest BCUT2D eigenvalue weighted by atomic mass is 16.2. The lowest BCUT2D eigenvalue weighted by Gasteiger charge is -2.09. The Hall–Kier alpha value is -3.03. The van der Waals surface area contributed by atoms with Crippen molar-refractivity contribution in [2.24, 2.45) is 0 Å². The molecule has 8 nitrogen and oxygen atoms in total. The van der Waals surface area contributed by atoms with Gasteiger partial charge in [0.1, 0.15) is 0 Å². The van der Waals surface area contributed by atoms with Crippen molar-refractivity contribution in [3.8, 4) is 0 Å². The molecule has 0 aliphatic heterocycles. The Labute approximate surface area is 142 Å². The quantitative estimate of drug-likeness (QED) is 0.702. The first-order valence-electron chi connectivity index (χ1n) is 8.13. The van der Waals surface area contributed by atoms with Crippen molar-refractivity contribution in [1.29, 1.82) is 0 Å². The molecule has 25 heavy (non-hydrogen) atoms. The van der Waals surface area contributed by atoms with Crippen LogP contribution < -0.4 is 16.6 Å². The Morgan fingerprint density at radius 2 is 1.96 bits per heavy atom. The molecule has 0 unspecified atom stereocenters. The average molecular weight is 341 g/mol. The number of aryl methyl sites for hydroxylation is 1. The van der Waals surface area contributed by atoms with E-state index in [1.807, 2.05) is 13.8 Å². The van der Waals surface area contributed by atoms with Crippen LogP contribution in [0.15, 0.2) is 21.7 Å². The summed E-state index contributed by atoms with van der Waals surface area (Å²) in [6, 6.07) is 3.44. The number of carbonyl (C=O) groups excluding carboxylic acids is 1. The van der Waals surface area contributed by atoms with Crippen LogP contribution in [0.1, 0.15) is 32.3 Å². The third kappa shape index (κ3) is 3.15. The number of carbonyl (C=O) groups is 1. The maximum absolute atomic E-state index is 12.6. The molecule has 3 aromatic rings. The third-order valence-corrected chi connectivity index (χ3v) is 3.97. The number of aromatic nitrogens is 4.